The van der Waals surface area contributed by atoms with E-state index in [4.69, 9.17) is 4.74 Å². The Morgan fingerprint density at radius 1 is 1.41 bits per heavy atom. The van der Waals surface area contributed by atoms with Crippen molar-refractivity contribution in [3.05, 3.63) is 24.3 Å². The summed E-state index contributed by atoms with van der Waals surface area (Å²) in [4.78, 5) is 11.5. The van der Waals surface area contributed by atoms with Crippen molar-refractivity contribution in [1.29, 1.82) is 0 Å². The molecule has 3 unspecified atom stereocenters. The van der Waals surface area contributed by atoms with E-state index in [2.05, 4.69) is 13.2 Å². The highest BCUT2D eigenvalue weighted by atomic mass is 16.6. The van der Waals surface area contributed by atoms with Crippen molar-refractivity contribution < 1.29 is 14.6 Å². The first-order valence-corrected chi connectivity index (χ1v) is 5.98. The molecule has 1 aliphatic rings. The van der Waals surface area contributed by atoms with Gasteiger partial charge in [-0.25, -0.2) is 4.79 Å². The monoisotopic (exact) mass is 238 g/mol. The van der Waals surface area contributed by atoms with Gasteiger partial charge in [-0.2, -0.15) is 0 Å². The Bertz CT molecular complexity index is 341. The second kappa shape index (κ2) is 5.05. The van der Waals surface area contributed by atoms with Crippen molar-refractivity contribution in [2.75, 3.05) is 0 Å². The van der Waals surface area contributed by atoms with Crippen LogP contribution >= 0.6 is 0 Å². The highest BCUT2D eigenvalue weighted by molar-refractivity contribution is 5.87. The fourth-order valence-corrected chi connectivity index (χ4v) is 2.11. The van der Waals surface area contributed by atoms with Gasteiger partial charge in [0.15, 0.2) is 0 Å². The SMILES string of the molecule is C=C(C)C(=O)OC1CC(C(=C)C)CCC1(C)O. The number of ether oxygens (including phenoxy) is 1. The number of rotatable bonds is 3. The fourth-order valence-electron chi connectivity index (χ4n) is 2.11. The number of hydrogen-bond acceptors (Lipinski definition) is 3. The molecular formula is C14H22O3. The van der Waals surface area contributed by atoms with Gasteiger partial charge in [-0.3, -0.25) is 0 Å². The minimum absolute atomic E-state index is 0.318. The van der Waals surface area contributed by atoms with Crippen LogP contribution in [0.1, 0.15) is 40.0 Å². The van der Waals surface area contributed by atoms with Gasteiger partial charge in [-0.15, -0.1) is 0 Å². The van der Waals surface area contributed by atoms with Crippen molar-refractivity contribution >= 4 is 5.97 Å². The lowest BCUT2D eigenvalue weighted by Crippen LogP contribution is -2.47. The average Bonchev–Trinajstić information content (AvgIpc) is 2.20. The van der Waals surface area contributed by atoms with Crippen molar-refractivity contribution in [2.45, 2.75) is 51.7 Å². The molecule has 0 saturated heterocycles. The summed E-state index contributed by atoms with van der Waals surface area (Å²) >= 11 is 0. The lowest BCUT2D eigenvalue weighted by atomic mass is 9.75. The van der Waals surface area contributed by atoms with E-state index in [1.54, 1.807) is 13.8 Å². The van der Waals surface area contributed by atoms with Gasteiger partial charge in [0.25, 0.3) is 0 Å². The number of carbonyl (C=O) groups is 1. The highest BCUT2D eigenvalue weighted by Gasteiger charge is 2.41. The van der Waals surface area contributed by atoms with Crippen LogP contribution in [0.3, 0.4) is 0 Å². The van der Waals surface area contributed by atoms with Gasteiger partial charge in [-0.1, -0.05) is 18.7 Å². The molecule has 0 amide bonds. The Labute approximate surface area is 103 Å². The van der Waals surface area contributed by atoms with Gasteiger partial charge in [0.05, 0.1) is 5.60 Å². The zero-order chi connectivity index (χ0) is 13.2. The Morgan fingerprint density at radius 2 is 2.00 bits per heavy atom. The van der Waals surface area contributed by atoms with Gasteiger partial charge >= 0.3 is 5.97 Å². The molecule has 3 heteroatoms. The average molecular weight is 238 g/mol. The summed E-state index contributed by atoms with van der Waals surface area (Å²) in [5, 5.41) is 10.2. The largest absolute Gasteiger partial charge is 0.456 e. The van der Waals surface area contributed by atoms with Gasteiger partial charge < -0.3 is 9.84 Å². The third-order valence-electron chi connectivity index (χ3n) is 3.49. The van der Waals surface area contributed by atoms with E-state index in [0.29, 0.717) is 24.3 Å². The van der Waals surface area contributed by atoms with Crippen LogP contribution in [-0.4, -0.2) is 22.8 Å². The standard InChI is InChI=1S/C14H22O3/c1-9(2)11-6-7-14(5,16)12(8-11)17-13(15)10(3)4/h11-12,16H,1,3,6-8H2,2,4-5H3. The summed E-state index contributed by atoms with van der Waals surface area (Å²) in [5.74, 6) is -0.115. The lowest BCUT2D eigenvalue weighted by molar-refractivity contribution is -0.166. The molecule has 1 saturated carbocycles. The molecule has 1 aliphatic carbocycles. The third-order valence-corrected chi connectivity index (χ3v) is 3.49. The van der Waals surface area contributed by atoms with E-state index in [-0.39, 0.29) is 0 Å². The molecule has 0 bridgehead atoms. The molecule has 1 rings (SSSR count). The first-order valence-electron chi connectivity index (χ1n) is 5.98. The van der Waals surface area contributed by atoms with Crippen LogP contribution in [0.5, 0.6) is 0 Å². The van der Waals surface area contributed by atoms with Crippen LogP contribution in [0.4, 0.5) is 0 Å². The number of allylic oxidation sites excluding steroid dienone is 1. The van der Waals surface area contributed by atoms with E-state index >= 15 is 0 Å². The second-order valence-corrected chi connectivity index (χ2v) is 5.35. The van der Waals surface area contributed by atoms with E-state index in [1.807, 2.05) is 6.92 Å². The van der Waals surface area contributed by atoms with Crippen LogP contribution < -0.4 is 0 Å². The molecule has 96 valence electrons. The second-order valence-electron chi connectivity index (χ2n) is 5.35. The molecule has 3 nitrogen and oxygen atoms in total. The quantitative estimate of drug-likeness (QED) is 0.467. The molecule has 1 fully saturated rings. The van der Waals surface area contributed by atoms with E-state index in [0.717, 1.165) is 12.0 Å². The van der Waals surface area contributed by atoms with Gasteiger partial charge in [-0.05, 0) is 46.0 Å². The molecule has 17 heavy (non-hydrogen) atoms. The Morgan fingerprint density at radius 3 is 2.47 bits per heavy atom. The zero-order valence-corrected chi connectivity index (χ0v) is 11.0. The summed E-state index contributed by atoms with van der Waals surface area (Å²) < 4.78 is 5.32. The van der Waals surface area contributed by atoms with Crippen LogP contribution in [0.25, 0.3) is 0 Å². The smallest absolute Gasteiger partial charge is 0.333 e. The first-order chi connectivity index (χ1) is 7.74. The number of aliphatic hydroxyl groups is 1. The number of hydrogen-bond donors (Lipinski definition) is 1. The molecule has 0 radical (unpaired) electrons. The summed E-state index contributed by atoms with van der Waals surface area (Å²) in [6, 6.07) is 0. The van der Waals surface area contributed by atoms with E-state index < -0.39 is 17.7 Å². The summed E-state index contributed by atoms with van der Waals surface area (Å²) in [6.07, 6.45) is 1.69. The summed E-state index contributed by atoms with van der Waals surface area (Å²) in [6.45, 7) is 12.8. The predicted octanol–water partition coefficient (Wildman–Crippen LogP) is 2.60. The molecule has 0 aromatic heterocycles. The predicted molar refractivity (Wildman–Crippen MR) is 67.5 cm³/mol. The molecule has 3 atom stereocenters. The van der Waals surface area contributed by atoms with E-state index in [1.165, 1.54) is 0 Å². The molecule has 0 heterocycles. The molecular weight excluding hydrogens is 216 g/mol. The Balaban J connectivity index is 2.74. The van der Waals surface area contributed by atoms with Crippen molar-refractivity contribution in [1.82, 2.24) is 0 Å². The molecule has 0 aliphatic heterocycles. The van der Waals surface area contributed by atoms with Crippen LogP contribution in [0.2, 0.25) is 0 Å². The van der Waals surface area contributed by atoms with Crippen LogP contribution in [-0.2, 0) is 9.53 Å². The van der Waals surface area contributed by atoms with Gasteiger partial charge in [0.2, 0.25) is 0 Å². The molecule has 0 spiro atoms. The third kappa shape index (κ3) is 3.43. The zero-order valence-electron chi connectivity index (χ0n) is 11.0. The first kappa shape index (κ1) is 14.0. The normalized spacial score (nSPS) is 32.9. The maximum atomic E-state index is 11.5. The molecule has 0 aromatic rings. The minimum Gasteiger partial charge on any atom is -0.456 e. The van der Waals surface area contributed by atoms with Crippen molar-refractivity contribution in [3.63, 3.8) is 0 Å². The van der Waals surface area contributed by atoms with Crippen molar-refractivity contribution in [2.24, 2.45) is 5.92 Å². The van der Waals surface area contributed by atoms with Crippen molar-refractivity contribution in [3.8, 4) is 0 Å². The maximum absolute atomic E-state index is 11.5. The van der Waals surface area contributed by atoms with E-state index in [9.17, 15) is 9.90 Å². The van der Waals surface area contributed by atoms with Crippen LogP contribution in [0, 0.1) is 5.92 Å². The summed E-state index contributed by atoms with van der Waals surface area (Å²) in [5.41, 5.74) is 0.493. The number of esters is 1. The highest BCUT2D eigenvalue weighted by Crippen LogP contribution is 2.37. The molecule has 1 N–H and O–H groups in total. The van der Waals surface area contributed by atoms with Gasteiger partial charge in [0.1, 0.15) is 6.10 Å². The fraction of sp³-hybridized carbons (Fsp3) is 0.643. The summed E-state index contributed by atoms with van der Waals surface area (Å²) in [7, 11) is 0. The van der Waals surface area contributed by atoms with Crippen LogP contribution in [0.15, 0.2) is 24.3 Å². The number of carbonyl (C=O) groups excluding carboxylic acids is 1. The minimum atomic E-state index is -0.947. The topological polar surface area (TPSA) is 46.5 Å². The lowest BCUT2D eigenvalue weighted by Gasteiger charge is -2.40. The maximum Gasteiger partial charge on any atom is 0.333 e. The Hall–Kier alpha value is -1.09. The Kier molecular flexibility index (Phi) is 4.15. The van der Waals surface area contributed by atoms with Gasteiger partial charge in [0, 0.05) is 5.57 Å². The molecule has 0 aromatic carbocycles.